The van der Waals surface area contributed by atoms with E-state index in [0.29, 0.717) is 45.2 Å². The molecular formula is C31H57N13O7S. The van der Waals surface area contributed by atoms with E-state index in [9.17, 15) is 33.9 Å². The highest BCUT2D eigenvalue weighted by atomic mass is 32.1. The van der Waals surface area contributed by atoms with Crippen LogP contribution in [0.3, 0.4) is 0 Å². The van der Waals surface area contributed by atoms with Crippen LogP contribution in [0.15, 0.2) is 9.98 Å². The molecule has 0 unspecified atom stereocenters. The fourth-order valence-corrected chi connectivity index (χ4v) is 6.35. The lowest BCUT2D eigenvalue weighted by atomic mass is 10.0. The van der Waals surface area contributed by atoms with Crippen LogP contribution in [0.25, 0.3) is 0 Å². The van der Waals surface area contributed by atoms with E-state index >= 15 is 0 Å². The molecule has 294 valence electrons. The number of aliphatic imine (C=N–C) groups is 2. The molecule has 2 rings (SSSR count). The number of carbonyl (C=O) groups excluding carboxylic acids is 5. The SMILES string of the molecule is NCCCC[C@H](NC(=O)[C@@H]1CCCN1C(=O)[C@@H](N)CS)C(=O)N[C@@H](CCCN=C(N)N)C(=O)N1CCC[C@H]1C(=O)N[C@@H](CCCN=C(N)N)C(=O)O. The summed E-state index contributed by atoms with van der Waals surface area (Å²) in [6.07, 6.45) is 3.67. The minimum absolute atomic E-state index is 0.0496. The minimum Gasteiger partial charge on any atom is -0.480 e. The first-order valence-corrected chi connectivity index (χ1v) is 18.3. The van der Waals surface area contributed by atoms with Gasteiger partial charge in [-0.3, -0.25) is 34.0 Å². The van der Waals surface area contributed by atoms with Crippen molar-refractivity contribution in [2.24, 2.45) is 44.4 Å². The lowest BCUT2D eigenvalue weighted by Crippen LogP contribution is -2.59. The molecule has 2 heterocycles. The molecule has 0 spiro atoms. The second-order valence-corrected chi connectivity index (χ2v) is 13.2. The van der Waals surface area contributed by atoms with Crippen LogP contribution >= 0.6 is 12.6 Å². The Morgan fingerprint density at radius 2 is 1.19 bits per heavy atom. The summed E-state index contributed by atoms with van der Waals surface area (Å²) in [5, 5.41) is 17.8. The molecule has 0 bridgehead atoms. The van der Waals surface area contributed by atoms with Crippen LogP contribution in [-0.4, -0.2) is 137 Å². The zero-order chi connectivity index (χ0) is 38.8. The van der Waals surface area contributed by atoms with E-state index in [1.54, 1.807) is 0 Å². The molecule has 0 saturated carbocycles. The molecule has 6 atom stereocenters. The Morgan fingerprint density at radius 1 is 0.712 bits per heavy atom. The van der Waals surface area contributed by atoms with Gasteiger partial charge in [-0.2, -0.15) is 12.6 Å². The van der Waals surface area contributed by atoms with E-state index in [0.717, 1.165) is 0 Å². The van der Waals surface area contributed by atoms with Gasteiger partial charge in [0.2, 0.25) is 29.5 Å². The van der Waals surface area contributed by atoms with Crippen LogP contribution in [0.5, 0.6) is 0 Å². The van der Waals surface area contributed by atoms with Gasteiger partial charge in [-0.15, -0.1) is 0 Å². The van der Waals surface area contributed by atoms with Crippen molar-refractivity contribution >= 4 is 60.1 Å². The Balaban J connectivity index is 2.26. The number of aliphatic carboxylic acids is 1. The summed E-state index contributed by atoms with van der Waals surface area (Å²) in [7, 11) is 0. The molecule has 21 heteroatoms. The average molecular weight is 756 g/mol. The fourth-order valence-electron chi connectivity index (χ4n) is 6.19. The van der Waals surface area contributed by atoms with E-state index in [1.807, 2.05) is 0 Å². The largest absolute Gasteiger partial charge is 0.480 e. The van der Waals surface area contributed by atoms with Gasteiger partial charge in [-0.1, -0.05) is 0 Å². The van der Waals surface area contributed by atoms with Crippen LogP contribution in [0.2, 0.25) is 0 Å². The number of likely N-dealkylation sites (tertiary alicyclic amines) is 2. The molecule has 0 aromatic rings. The van der Waals surface area contributed by atoms with Crippen LogP contribution in [0.4, 0.5) is 0 Å². The lowest BCUT2D eigenvalue weighted by molar-refractivity contribution is -0.145. The van der Waals surface area contributed by atoms with Crippen molar-refractivity contribution in [3.05, 3.63) is 0 Å². The Hall–Kier alpha value is -4.37. The molecule has 2 aliphatic rings. The number of carbonyl (C=O) groups is 6. The first-order chi connectivity index (χ1) is 24.7. The molecular weight excluding hydrogens is 698 g/mol. The first kappa shape index (κ1) is 43.8. The van der Waals surface area contributed by atoms with E-state index in [4.69, 9.17) is 34.4 Å². The quantitative estimate of drug-likeness (QED) is 0.0218. The maximum absolute atomic E-state index is 14.1. The molecule has 2 fully saturated rings. The molecule has 2 aliphatic heterocycles. The maximum atomic E-state index is 14.1. The van der Waals surface area contributed by atoms with E-state index < -0.39 is 71.8 Å². The van der Waals surface area contributed by atoms with Gasteiger partial charge in [-0.05, 0) is 77.2 Å². The number of amides is 5. The highest BCUT2D eigenvalue weighted by Gasteiger charge is 2.40. The summed E-state index contributed by atoms with van der Waals surface area (Å²) in [6.45, 7) is 1.22. The second kappa shape index (κ2) is 22.5. The van der Waals surface area contributed by atoms with Gasteiger partial charge in [0.05, 0.1) is 6.04 Å². The zero-order valence-corrected chi connectivity index (χ0v) is 30.5. The summed E-state index contributed by atoms with van der Waals surface area (Å²) < 4.78 is 0. The summed E-state index contributed by atoms with van der Waals surface area (Å²) in [5.41, 5.74) is 33.1. The summed E-state index contributed by atoms with van der Waals surface area (Å²) in [6, 6.07) is -6.16. The van der Waals surface area contributed by atoms with Gasteiger partial charge in [0.15, 0.2) is 11.9 Å². The standard InChI is InChI=1S/C31H57N13O7S/c32-12-2-1-7-19(40-25(46)22-10-5-15-43(22)27(48)18(33)17-52)24(45)41-20(8-3-13-38-30(34)35)28(49)44-16-6-11-23(44)26(47)42-21(29(50)51)9-4-14-39-31(36)37/h18-23,52H,1-17,32-33H2,(H,40,46)(H,41,45)(H,42,47)(H,50,51)(H4,34,35,38)(H4,36,37,39)/t18-,19-,20-,21-,22-,23-/m0/s1. The van der Waals surface area contributed by atoms with Crippen LogP contribution in [-0.2, 0) is 28.8 Å². The smallest absolute Gasteiger partial charge is 0.326 e. The monoisotopic (exact) mass is 755 g/mol. The highest BCUT2D eigenvalue weighted by Crippen LogP contribution is 2.22. The van der Waals surface area contributed by atoms with Crippen molar-refractivity contribution in [1.82, 2.24) is 25.8 Å². The minimum atomic E-state index is -1.25. The molecule has 0 aromatic carbocycles. The lowest BCUT2D eigenvalue weighted by Gasteiger charge is -2.31. The number of rotatable bonds is 22. The molecule has 0 radical (unpaired) electrons. The van der Waals surface area contributed by atoms with E-state index in [-0.39, 0.29) is 75.8 Å². The van der Waals surface area contributed by atoms with E-state index in [2.05, 4.69) is 38.6 Å². The van der Waals surface area contributed by atoms with Gasteiger partial charge in [0.1, 0.15) is 30.2 Å². The normalized spacial score (nSPS) is 19.1. The van der Waals surface area contributed by atoms with Crippen molar-refractivity contribution in [3.8, 4) is 0 Å². The topological polar surface area (TPSA) is 346 Å². The predicted octanol–water partition coefficient (Wildman–Crippen LogP) is -4.00. The third-order valence-electron chi connectivity index (χ3n) is 8.89. The number of unbranched alkanes of at least 4 members (excludes halogenated alkanes) is 1. The molecule has 2 saturated heterocycles. The Bertz CT molecular complexity index is 1300. The average Bonchev–Trinajstić information content (AvgIpc) is 3.80. The fraction of sp³-hybridized carbons (Fsp3) is 0.742. The number of nitrogens with one attached hydrogen (secondary N) is 3. The third-order valence-corrected chi connectivity index (χ3v) is 9.28. The Morgan fingerprint density at radius 3 is 1.67 bits per heavy atom. The first-order valence-electron chi connectivity index (χ1n) is 17.6. The highest BCUT2D eigenvalue weighted by molar-refractivity contribution is 7.80. The van der Waals surface area contributed by atoms with Gasteiger partial charge in [0.25, 0.3) is 0 Å². The van der Waals surface area contributed by atoms with Crippen molar-refractivity contribution < 1.29 is 33.9 Å². The third kappa shape index (κ3) is 14.0. The summed E-state index contributed by atoms with van der Waals surface area (Å²) in [5.74, 6) is -4.21. The molecule has 0 aliphatic carbocycles. The van der Waals surface area contributed by atoms with Crippen molar-refractivity contribution in [2.75, 3.05) is 38.5 Å². The molecule has 52 heavy (non-hydrogen) atoms. The number of carboxylic acid groups (broad SMARTS) is 1. The van der Waals surface area contributed by atoms with Crippen LogP contribution in [0, 0.1) is 0 Å². The Kier molecular flexibility index (Phi) is 19.0. The number of carboxylic acids is 1. The number of thiol groups is 1. The van der Waals surface area contributed by atoms with Gasteiger partial charge < -0.3 is 65.3 Å². The van der Waals surface area contributed by atoms with Gasteiger partial charge >= 0.3 is 5.97 Å². The molecule has 20 nitrogen and oxygen atoms in total. The van der Waals surface area contributed by atoms with Gasteiger partial charge in [0, 0.05) is 31.9 Å². The number of guanidine groups is 2. The number of hydrogen-bond donors (Lipinski definition) is 11. The van der Waals surface area contributed by atoms with Crippen LogP contribution in [0.1, 0.15) is 70.6 Å². The van der Waals surface area contributed by atoms with E-state index in [1.165, 1.54) is 9.80 Å². The maximum Gasteiger partial charge on any atom is 0.326 e. The van der Waals surface area contributed by atoms with Crippen molar-refractivity contribution in [2.45, 2.75) is 107 Å². The molecule has 0 aromatic heterocycles. The van der Waals surface area contributed by atoms with Crippen molar-refractivity contribution in [3.63, 3.8) is 0 Å². The summed E-state index contributed by atoms with van der Waals surface area (Å²) >= 11 is 4.10. The Labute approximate surface area is 309 Å². The number of nitrogens with two attached hydrogens (primary N) is 6. The second-order valence-electron chi connectivity index (χ2n) is 12.9. The van der Waals surface area contributed by atoms with Crippen molar-refractivity contribution in [1.29, 1.82) is 0 Å². The molecule has 5 amide bonds. The summed E-state index contributed by atoms with van der Waals surface area (Å²) in [4.78, 5) is 90.0. The number of hydrogen-bond acceptors (Lipinski definition) is 11. The predicted molar refractivity (Wildman–Crippen MR) is 197 cm³/mol. The zero-order valence-electron chi connectivity index (χ0n) is 29.6. The molecule has 16 N–H and O–H groups in total. The van der Waals surface area contributed by atoms with Crippen LogP contribution < -0.4 is 50.4 Å². The van der Waals surface area contributed by atoms with Gasteiger partial charge in [-0.25, -0.2) is 4.79 Å². The number of nitrogens with zero attached hydrogens (tertiary/aromatic N) is 4.